The van der Waals surface area contributed by atoms with Crippen LogP contribution in [0.15, 0.2) is 36.4 Å². The summed E-state index contributed by atoms with van der Waals surface area (Å²) >= 11 is 0. The molecule has 3 heteroatoms. The van der Waals surface area contributed by atoms with Crippen LogP contribution in [0.3, 0.4) is 0 Å². The molecule has 0 amide bonds. The van der Waals surface area contributed by atoms with Crippen molar-refractivity contribution in [1.82, 2.24) is 10.2 Å². The molecule has 1 saturated heterocycles. The van der Waals surface area contributed by atoms with Gasteiger partial charge < -0.3 is 10.1 Å². The maximum atomic E-state index is 5.62. The minimum Gasteiger partial charge on any atom is -0.496 e. The Labute approximate surface area is 126 Å². The highest BCUT2D eigenvalue weighted by molar-refractivity contribution is 5.87. The third kappa shape index (κ3) is 2.89. The lowest BCUT2D eigenvalue weighted by atomic mass is 10.0. The van der Waals surface area contributed by atoms with E-state index < -0.39 is 0 Å². The smallest absolute Gasteiger partial charge is 0.123 e. The third-order valence-electron chi connectivity index (χ3n) is 4.52. The van der Waals surface area contributed by atoms with E-state index in [0.29, 0.717) is 6.04 Å². The first-order valence-electron chi connectivity index (χ1n) is 7.76. The monoisotopic (exact) mass is 284 g/mol. The van der Waals surface area contributed by atoms with E-state index in [1.165, 1.54) is 35.7 Å². The van der Waals surface area contributed by atoms with Gasteiger partial charge in [0, 0.05) is 24.7 Å². The first-order valence-corrected chi connectivity index (χ1v) is 7.76. The van der Waals surface area contributed by atoms with Crippen molar-refractivity contribution in [2.75, 3.05) is 27.2 Å². The predicted octanol–water partition coefficient (Wildman–Crippen LogP) is 3.03. The van der Waals surface area contributed by atoms with Gasteiger partial charge in [0.15, 0.2) is 0 Å². The Kier molecular flexibility index (Phi) is 4.42. The Balaban J connectivity index is 1.95. The van der Waals surface area contributed by atoms with Gasteiger partial charge in [-0.2, -0.15) is 0 Å². The van der Waals surface area contributed by atoms with E-state index in [1.807, 2.05) is 7.05 Å². The van der Waals surface area contributed by atoms with E-state index in [1.54, 1.807) is 7.11 Å². The van der Waals surface area contributed by atoms with Crippen molar-refractivity contribution in [1.29, 1.82) is 0 Å². The van der Waals surface area contributed by atoms with Gasteiger partial charge in [0.25, 0.3) is 0 Å². The van der Waals surface area contributed by atoms with Crippen molar-refractivity contribution in [3.8, 4) is 5.75 Å². The van der Waals surface area contributed by atoms with E-state index in [2.05, 4.69) is 46.6 Å². The zero-order valence-corrected chi connectivity index (χ0v) is 12.9. The summed E-state index contributed by atoms with van der Waals surface area (Å²) in [6, 6.07) is 13.5. The number of hydrogen-bond acceptors (Lipinski definition) is 3. The molecule has 1 N–H and O–H groups in total. The Morgan fingerprint density at radius 2 is 2.10 bits per heavy atom. The Morgan fingerprint density at radius 3 is 2.90 bits per heavy atom. The van der Waals surface area contributed by atoms with Gasteiger partial charge in [-0.25, -0.2) is 0 Å². The van der Waals surface area contributed by atoms with Crippen LogP contribution in [0.1, 0.15) is 18.4 Å². The lowest BCUT2D eigenvalue weighted by Gasteiger charge is -2.25. The predicted molar refractivity (Wildman–Crippen MR) is 87.9 cm³/mol. The minimum atomic E-state index is 0.638. The van der Waals surface area contributed by atoms with Crippen LogP contribution in [-0.4, -0.2) is 38.2 Å². The molecular formula is C18H24N2O. The maximum absolute atomic E-state index is 5.62. The number of ether oxygens (including phenoxy) is 1. The molecule has 2 aromatic carbocycles. The number of likely N-dealkylation sites (tertiary alicyclic amines) is 1. The van der Waals surface area contributed by atoms with Gasteiger partial charge in [0.2, 0.25) is 0 Å². The fourth-order valence-electron chi connectivity index (χ4n) is 3.44. The second kappa shape index (κ2) is 6.46. The summed E-state index contributed by atoms with van der Waals surface area (Å²) in [5, 5.41) is 5.92. The highest BCUT2D eigenvalue weighted by Crippen LogP contribution is 2.31. The fourth-order valence-corrected chi connectivity index (χ4v) is 3.44. The largest absolute Gasteiger partial charge is 0.496 e. The zero-order chi connectivity index (χ0) is 14.7. The standard InChI is InChI=1S/C18H24N2O/c1-19-12-15-7-5-11-20(15)13-17-16-8-4-3-6-14(16)9-10-18(17)21-2/h3-4,6,8-10,15,19H,5,7,11-13H2,1-2H3. The molecule has 1 unspecified atom stereocenters. The molecule has 0 aliphatic carbocycles. The summed E-state index contributed by atoms with van der Waals surface area (Å²) in [7, 11) is 3.80. The van der Waals surface area contributed by atoms with Crippen LogP contribution in [0.4, 0.5) is 0 Å². The van der Waals surface area contributed by atoms with Gasteiger partial charge in [-0.15, -0.1) is 0 Å². The number of rotatable bonds is 5. The van der Waals surface area contributed by atoms with Crippen LogP contribution in [0, 0.1) is 0 Å². The lowest BCUT2D eigenvalue weighted by Crippen LogP contribution is -2.36. The average Bonchev–Trinajstić information content (AvgIpc) is 2.95. The van der Waals surface area contributed by atoms with Crippen molar-refractivity contribution in [2.45, 2.75) is 25.4 Å². The number of methoxy groups -OCH3 is 1. The second-order valence-electron chi connectivity index (χ2n) is 5.79. The van der Waals surface area contributed by atoms with Crippen LogP contribution in [0.25, 0.3) is 10.8 Å². The molecule has 0 aromatic heterocycles. The van der Waals surface area contributed by atoms with E-state index in [-0.39, 0.29) is 0 Å². The summed E-state index contributed by atoms with van der Waals surface area (Å²) in [5.41, 5.74) is 1.32. The maximum Gasteiger partial charge on any atom is 0.123 e. The molecule has 2 aromatic rings. The highest BCUT2D eigenvalue weighted by atomic mass is 16.5. The summed E-state index contributed by atoms with van der Waals surface area (Å²) in [5.74, 6) is 1.00. The molecule has 21 heavy (non-hydrogen) atoms. The van der Waals surface area contributed by atoms with E-state index in [4.69, 9.17) is 4.74 Å². The van der Waals surface area contributed by atoms with Gasteiger partial charge in [-0.05, 0) is 43.3 Å². The molecular weight excluding hydrogens is 260 g/mol. The van der Waals surface area contributed by atoms with Crippen molar-refractivity contribution < 1.29 is 4.74 Å². The number of benzene rings is 2. The van der Waals surface area contributed by atoms with Crippen molar-refractivity contribution >= 4 is 10.8 Å². The topological polar surface area (TPSA) is 24.5 Å². The van der Waals surface area contributed by atoms with Crippen LogP contribution in [0.2, 0.25) is 0 Å². The normalized spacial score (nSPS) is 19.2. The van der Waals surface area contributed by atoms with Gasteiger partial charge in [0.1, 0.15) is 5.75 Å². The minimum absolute atomic E-state index is 0.638. The molecule has 0 saturated carbocycles. The Morgan fingerprint density at radius 1 is 1.24 bits per heavy atom. The molecule has 0 spiro atoms. The zero-order valence-electron chi connectivity index (χ0n) is 12.9. The van der Waals surface area contributed by atoms with Crippen molar-refractivity contribution in [3.63, 3.8) is 0 Å². The van der Waals surface area contributed by atoms with E-state index in [9.17, 15) is 0 Å². The molecule has 0 bridgehead atoms. The molecule has 1 atom stereocenters. The average molecular weight is 284 g/mol. The molecule has 1 aliphatic heterocycles. The van der Waals surface area contributed by atoms with Gasteiger partial charge in [-0.1, -0.05) is 30.3 Å². The first-order chi connectivity index (χ1) is 10.3. The molecule has 112 valence electrons. The number of nitrogens with zero attached hydrogens (tertiary/aromatic N) is 1. The summed E-state index contributed by atoms with van der Waals surface area (Å²) in [6.07, 6.45) is 2.58. The van der Waals surface area contributed by atoms with E-state index in [0.717, 1.165) is 18.8 Å². The van der Waals surface area contributed by atoms with Gasteiger partial charge in [-0.3, -0.25) is 4.90 Å². The highest BCUT2D eigenvalue weighted by Gasteiger charge is 2.25. The molecule has 1 aliphatic rings. The van der Waals surface area contributed by atoms with Crippen LogP contribution in [0.5, 0.6) is 5.75 Å². The van der Waals surface area contributed by atoms with Crippen molar-refractivity contribution in [2.24, 2.45) is 0 Å². The molecule has 1 fully saturated rings. The van der Waals surface area contributed by atoms with Crippen LogP contribution in [-0.2, 0) is 6.54 Å². The van der Waals surface area contributed by atoms with Crippen LogP contribution >= 0.6 is 0 Å². The van der Waals surface area contributed by atoms with Crippen LogP contribution < -0.4 is 10.1 Å². The first kappa shape index (κ1) is 14.4. The summed E-state index contributed by atoms with van der Waals surface area (Å²) < 4.78 is 5.62. The number of likely N-dealkylation sites (N-methyl/N-ethyl adjacent to an activating group) is 1. The van der Waals surface area contributed by atoms with Crippen molar-refractivity contribution in [3.05, 3.63) is 42.0 Å². The Hall–Kier alpha value is -1.58. The molecule has 3 nitrogen and oxygen atoms in total. The number of nitrogens with one attached hydrogen (secondary N) is 1. The molecule has 1 heterocycles. The van der Waals surface area contributed by atoms with Gasteiger partial charge in [0.05, 0.1) is 7.11 Å². The van der Waals surface area contributed by atoms with Gasteiger partial charge >= 0.3 is 0 Å². The molecule has 3 rings (SSSR count). The second-order valence-corrected chi connectivity index (χ2v) is 5.79. The third-order valence-corrected chi connectivity index (χ3v) is 4.52. The summed E-state index contributed by atoms with van der Waals surface area (Å²) in [4.78, 5) is 2.58. The number of hydrogen-bond donors (Lipinski definition) is 1. The number of fused-ring (bicyclic) bond motifs is 1. The lowest BCUT2D eigenvalue weighted by molar-refractivity contribution is 0.240. The molecule has 0 radical (unpaired) electrons. The SMILES string of the molecule is CNCC1CCCN1Cc1c(OC)ccc2ccccc12. The fraction of sp³-hybridized carbons (Fsp3) is 0.444. The Bertz CT molecular complexity index is 611. The van der Waals surface area contributed by atoms with E-state index >= 15 is 0 Å². The quantitative estimate of drug-likeness (QED) is 0.913. The summed E-state index contributed by atoms with van der Waals surface area (Å²) in [6.45, 7) is 3.21.